The van der Waals surface area contributed by atoms with Gasteiger partial charge in [-0.05, 0) is 27.2 Å². The number of hydrogen-bond acceptors (Lipinski definition) is 3. The van der Waals surface area contributed by atoms with Gasteiger partial charge in [-0.15, -0.1) is 6.58 Å². The second-order valence-corrected chi connectivity index (χ2v) is 4.96. The summed E-state index contributed by atoms with van der Waals surface area (Å²) in [5.74, 6) is -0.322. The van der Waals surface area contributed by atoms with Gasteiger partial charge in [0.25, 0.3) is 0 Å². The molecule has 0 bridgehead atoms. The molecule has 0 saturated carbocycles. The summed E-state index contributed by atoms with van der Waals surface area (Å²) in [6.45, 7) is 12.3. The highest BCUT2D eigenvalue weighted by molar-refractivity contribution is 5.91. The largest absolute Gasteiger partial charge is 0.443 e. The molecule has 0 fully saturated rings. The van der Waals surface area contributed by atoms with Crippen molar-refractivity contribution in [3.63, 3.8) is 0 Å². The molecular weight excluding hydrogens is 218 g/mol. The SMILES string of the molecule is C=C[C@@H](CCC)N(C(C)=O)C(=O)OC(C)(C)C. The molecule has 0 aromatic rings. The molecule has 0 aromatic heterocycles. The first-order valence-electron chi connectivity index (χ1n) is 5.88. The molecule has 4 heteroatoms. The molecule has 0 aliphatic heterocycles. The van der Waals surface area contributed by atoms with E-state index in [0.29, 0.717) is 6.42 Å². The van der Waals surface area contributed by atoms with E-state index in [1.54, 1.807) is 26.8 Å². The summed E-state index contributed by atoms with van der Waals surface area (Å²) >= 11 is 0. The summed E-state index contributed by atoms with van der Waals surface area (Å²) in [5.41, 5.74) is -0.608. The van der Waals surface area contributed by atoms with Crippen molar-refractivity contribution in [1.82, 2.24) is 4.90 Å². The molecule has 4 nitrogen and oxygen atoms in total. The zero-order valence-corrected chi connectivity index (χ0v) is 11.4. The van der Waals surface area contributed by atoms with Crippen molar-refractivity contribution in [3.8, 4) is 0 Å². The third-order valence-corrected chi connectivity index (χ3v) is 2.12. The second-order valence-electron chi connectivity index (χ2n) is 4.96. The van der Waals surface area contributed by atoms with E-state index in [-0.39, 0.29) is 11.9 Å². The lowest BCUT2D eigenvalue weighted by Gasteiger charge is -2.29. The van der Waals surface area contributed by atoms with Gasteiger partial charge in [-0.3, -0.25) is 4.79 Å². The highest BCUT2D eigenvalue weighted by Crippen LogP contribution is 2.15. The fraction of sp³-hybridized carbons (Fsp3) is 0.692. The lowest BCUT2D eigenvalue weighted by Crippen LogP contribution is -2.45. The van der Waals surface area contributed by atoms with E-state index in [0.717, 1.165) is 11.3 Å². The van der Waals surface area contributed by atoms with Crippen molar-refractivity contribution in [1.29, 1.82) is 0 Å². The average Bonchev–Trinajstić information content (AvgIpc) is 2.13. The topological polar surface area (TPSA) is 46.6 Å². The first-order chi connectivity index (χ1) is 7.72. The average molecular weight is 241 g/mol. The highest BCUT2D eigenvalue weighted by Gasteiger charge is 2.29. The van der Waals surface area contributed by atoms with Crippen molar-refractivity contribution in [2.75, 3.05) is 0 Å². The molecule has 0 saturated heterocycles. The number of ether oxygens (including phenoxy) is 1. The smallest absolute Gasteiger partial charge is 0.417 e. The van der Waals surface area contributed by atoms with Gasteiger partial charge >= 0.3 is 6.09 Å². The van der Waals surface area contributed by atoms with E-state index in [2.05, 4.69) is 6.58 Å². The fourth-order valence-electron chi connectivity index (χ4n) is 1.46. The third-order valence-electron chi connectivity index (χ3n) is 2.12. The molecule has 0 heterocycles. The zero-order chi connectivity index (χ0) is 13.6. The van der Waals surface area contributed by atoms with Crippen LogP contribution in [0.3, 0.4) is 0 Å². The molecule has 0 radical (unpaired) electrons. The number of imide groups is 1. The van der Waals surface area contributed by atoms with Gasteiger partial charge in [0, 0.05) is 6.92 Å². The maximum Gasteiger partial charge on any atom is 0.417 e. The first kappa shape index (κ1) is 15.7. The Morgan fingerprint density at radius 3 is 2.24 bits per heavy atom. The van der Waals surface area contributed by atoms with Crippen LogP contribution in [0.1, 0.15) is 47.5 Å². The molecule has 0 aliphatic rings. The van der Waals surface area contributed by atoms with Crippen LogP contribution in [0.2, 0.25) is 0 Å². The van der Waals surface area contributed by atoms with Crippen LogP contribution in [-0.4, -0.2) is 28.5 Å². The maximum absolute atomic E-state index is 11.9. The molecule has 0 N–H and O–H groups in total. The fourth-order valence-corrected chi connectivity index (χ4v) is 1.46. The lowest BCUT2D eigenvalue weighted by atomic mass is 10.1. The summed E-state index contributed by atoms with van der Waals surface area (Å²) in [6.07, 6.45) is 2.56. The standard InChI is InChI=1S/C13H23NO3/c1-7-9-11(8-2)14(10(3)15)12(16)17-13(4,5)6/h8,11H,2,7,9H2,1,3-6H3/t11-/m0/s1. The van der Waals surface area contributed by atoms with Gasteiger partial charge in [-0.2, -0.15) is 0 Å². The third kappa shape index (κ3) is 5.52. The number of rotatable bonds is 4. The van der Waals surface area contributed by atoms with Crippen LogP contribution in [0.5, 0.6) is 0 Å². The van der Waals surface area contributed by atoms with E-state index < -0.39 is 11.7 Å². The first-order valence-corrected chi connectivity index (χ1v) is 5.88. The van der Waals surface area contributed by atoms with Crippen LogP contribution in [0.15, 0.2) is 12.7 Å². The molecule has 0 spiro atoms. The van der Waals surface area contributed by atoms with E-state index in [1.165, 1.54) is 6.92 Å². The highest BCUT2D eigenvalue weighted by atomic mass is 16.6. The summed E-state index contributed by atoms with van der Waals surface area (Å²) in [7, 11) is 0. The molecule has 1 atom stereocenters. The van der Waals surface area contributed by atoms with Gasteiger partial charge in [0.1, 0.15) is 5.60 Å². The Kier molecular flexibility index (Phi) is 5.93. The molecule has 0 aliphatic carbocycles. The van der Waals surface area contributed by atoms with Gasteiger partial charge in [-0.1, -0.05) is 19.4 Å². The molecule has 98 valence electrons. The van der Waals surface area contributed by atoms with Crippen LogP contribution in [0, 0.1) is 0 Å². The Hall–Kier alpha value is -1.32. The van der Waals surface area contributed by atoms with Gasteiger partial charge in [0.05, 0.1) is 6.04 Å². The monoisotopic (exact) mass is 241 g/mol. The van der Waals surface area contributed by atoms with Crippen molar-refractivity contribution >= 4 is 12.0 Å². The predicted molar refractivity (Wildman–Crippen MR) is 67.6 cm³/mol. The second kappa shape index (κ2) is 6.42. The van der Waals surface area contributed by atoms with Gasteiger partial charge in [-0.25, -0.2) is 9.69 Å². The van der Waals surface area contributed by atoms with E-state index in [9.17, 15) is 9.59 Å². The normalized spacial score (nSPS) is 12.8. The van der Waals surface area contributed by atoms with Crippen LogP contribution in [-0.2, 0) is 9.53 Å². The minimum absolute atomic E-state index is 0.299. The number of amides is 2. The quantitative estimate of drug-likeness (QED) is 0.710. The van der Waals surface area contributed by atoms with Crippen molar-refractivity contribution in [2.45, 2.75) is 59.1 Å². The Bertz CT molecular complexity index is 292. The number of carbonyl (C=O) groups is 2. The van der Waals surface area contributed by atoms with Crippen LogP contribution in [0.4, 0.5) is 4.79 Å². The minimum atomic E-state index is -0.608. The van der Waals surface area contributed by atoms with Crippen LogP contribution < -0.4 is 0 Å². The van der Waals surface area contributed by atoms with E-state index >= 15 is 0 Å². The van der Waals surface area contributed by atoms with Crippen molar-refractivity contribution in [3.05, 3.63) is 12.7 Å². The Labute approximate surface area is 104 Å². The summed E-state index contributed by atoms with van der Waals surface area (Å²) in [4.78, 5) is 24.6. The molecule has 2 amide bonds. The molecule has 0 rings (SSSR count). The summed E-state index contributed by atoms with van der Waals surface area (Å²) < 4.78 is 5.21. The van der Waals surface area contributed by atoms with Gasteiger partial charge < -0.3 is 4.74 Å². The minimum Gasteiger partial charge on any atom is -0.443 e. The zero-order valence-electron chi connectivity index (χ0n) is 11.4. The van der Waals surface area contributed by atoms with E-state index in [1.807, 2.05) is 6.92 Å². The van der Waals surface area contributed by atoms with Gasteiger partial charge in [0.15, 0.2) is 0 Å². The predicted octanol–water partition coefficient (Wildman–Crippen LogP) is 3.12. The Morgan fingerprint density at radius 1 is 1.41 bits per heavy atom. The lowest BCUT2D eigenvalue weighted by molar-refractivity contribution is -0.129. The summed E-state index contributed by atoms with van der Waals surface area (Å²) in [5, 5.41) is 0. The molecule has 0 aromatic carbocycles. The molecule has 0 unspecified atom stereocenters. The van der Waals surface area contributed by atoms with Crippen molar-refractivity contribution in [2.24, 2.45) is 0 Å². The van der Waals surface area contributed by atoms with E-state index in [4.69, 9.17) is 4.74 Å². The molecule has 17 heavy (non-hydrogen) atoms. The Morgan fingerprint density at radius 2 is 1.94 bits per heavy atom. The Balaban J connectivity index is 4.90. The number of carbonyl (C=O) groups excluding carboxylic acids is 2. The summed E-state index contributed by atoms with van der Waals surface area (Å²) in [6, 6.07) is -0.299. The molecular formula is C13H23NO3. The van der Waals surface area contributed by atoms with Crippen LogP contribution >= 0.6 is 0 Å². The van der Waals surface area contributed by atoms with Gasteiger partial charge in [0.2, 0.25) is 5.91 Å². The number of nitrogens with zero attached hydrogens (tertiary/aromatic N) is 1. The van der Waals surface area contributed by atoms with Crippen LogP contribution in [0.25, 0.3) is 0 Å². The maximum atomic E-state index is 11.9. The van der Waals surface area contributed by atoms with Crippen molar-refractivity contribution < 1.29 is 14.3 Å². The number of hydrogen-bond donors (Lipinski definition) is 0.